The fourth-order valence-electron chi connectivity index (χ4n) is 2.64. The van der Waals surface area contributed by atoms with Crippen molar-refractivity contribution in [1.82, 2.24) is 5.06 Å². The van der Waals surface area contributed by atoms with Gasteiger partial charge in [0.15, 0.2) is 0 Å². The first-order valence-corrected chi connectivity index (χ1v) is 9.70. The maximum Gasteiger partial charge on any atom is 0.379 e. The lowest BCUT2D eigenvalue weighted by Gasteiger charge is -2.40. The number of hydrogen-bond donors (Lipinski definition) is 0. The molecule has 6 nitrogen and oxygen atoms in total. The molecule has 0 aromatic rings. The lowest BCUT2D eigenvalue weighted by atomic mass is 10.0. The van der Waals surface area contributed by atoms with Crippen molar-refractivity contribution in [3.8, 4) is 0 Å². The third kappa shape index (κ3) is 3.92. The largest absolute Gasteiger partial charge is 0.379 e. The molecule has 1 aliphatic rings. The molecule has 0 aromatic carbocycles. The van der Waals surface area contributed by atoms with E-state index in [9.17, 15) is 9.77 Å². The topological polar surface area (TPSA) is 67.9 Å². The van der Waals surface area contributed by atoms with Crippen LogP contribution in [0.1, 0.15) is 60.8 Å². The van der Waals surface area contributed by atoms with E-state index in [1.54, 1.807) is 13.8 Å². The van der Waals surface area contributed by atoms with Crippen LogP contribution >= 0.6 is 7.60 Å². The maximum atomic E-state index is 13.3. The summed E-state index contributed by atoms with van der Waals surface area (Å²) in [5.41, 5.74) is -2.18. The van der Waals surface area contributed by atoms with E-state index in [1.807, 2.05) is 13.8 Å². The van der Waals surface area contributed by atoms with Gasteiger partial charge >= 0.3 is 7.60 Å². The highest BCUT2D eigenvalue weighted by molar-refractivity contribution is 7.55. The molecule has 0 aromatic heterocycles. The van der Waals surface area contributed by atoms with E-state index in [0.29, 0.717) is 25.4 Å². The van der Waals surface area contributed by atoms with Gasteiger partial charge in [-0.3, -0.25) is 4.57 Å². The zero-order valence-corrected chi connectivity index (χ0v) is 15.7. The molecule has 131 valence electrons. The lowest BCUT2D eigenvalue weighted by molar-refractivity contribution is -0.301. The molecule has 0 saturated carbocycles. The minimum absolute atomic E-state index is 0.209. The highest BCUT2D eigenvalue weighted by atomic mass is 31.2. The molecule has 1 atom stereocenters. The van der Waals surface area contributed by atoms with E-state index < -0.39 is 18.6 Å². The Morgan fingerprint density at radius 1 is 1.14 bits per heavy atom. The van der Waals surface area contributed by atoms with Gasteiger partial charge in [-0.15, -0.1) is 10.3 Å². The van der Waals surface area contributed by atoms with Crippen molar-refractivity contribution < 1.29 is 23.6 Å². The van der Waals surface area contributed by atoms with Gasteiger partial charge in [0.1, 0.15) is 0 Å². The molecule has 1 saturated heterocycles. The standard InChI is InChI=1S/C15H31NO5P/c1-7-20-22(18,21-8-2)15(19-12-9-13(3)4)11-10-14(5,6)16(15)17/h13H,7-12H2,1-6H3. The summed E-state index contributed by atoms with van der Waals surface area (Å²) in [6.45, 7) is 12.1. The van der Waals surface area contributed by atoms with Gasteiger partial charge < -0.3 is 13.8 Å². The van der Waals surface area contributed by atoms with Gasteiger partial charge in [-0.1, -0.05) is 13.8 Å². The molecule has 1 rings (SSSR count). The summed E-state index contributed by atoms with van der Waals surface area (Å²) in [4.78, 5) is 0. The number of ether oxygens (including phenoxy) is 1. The molecular formula is C15H31NO5P. The molecule has 0 amide bonds. The van der Waals surface area contributed by atoms with Crippen LogP contribution in [0.5, 0.6) is 0 Å². The molecule has 0 bridgehead atoms. The summed E-state index contributed by atoms with van der Waals surface area (Å²) < 4.78 is 30.1. The van der Waals surface area contributed by atoms with Gasteiger partial charge in [0.05, 0.1) is 19.8 Å². The van der Waals surface area contributed by atoms with Crippen LogP contribution < -0.4 is 0 Å². The van der Waals surface area contributed by atoms with Crippen molar-refractivity contribution in [3.05, 3.63) is 0 Å². The molecule has 1 fully saturated rings. The minimum Gasteiger partial charge on any atom is -0.348 e. The zero-order chi connectivity index (χ0) is 17.0. The van der Waals surface area contributed by atoms with Crippen LogP contribution in [-0.2, 0) is 23.6 Å². The molecule has 7 heteroatoms. The highest BCUT2D eigenvalue weighted by Crippen LogP contribution is 2.67. The number of nitrogens with zero attached hydrogens (tertiary/aromatic N) is 1. The van der Waals surface area contributed by atoms with Gasteiger partial charge in [-0.2, -0.15) is 0 Å². The monoisotopic (exact) mass is 336 g/mol. The van der Waals surface area contributed by atoms with Crippen molar-refractivity contribution >= 4 is 7.60 Å². The first-order valence-electron chi connectivity index (χ1n) is 8.16. The molecule has 0 spiro atoms. The average molecular weight is 336 g/mol. The first kappa shape index (κ1) is 20.1. The normalized spacial score (nSPS) is 26.0. The number of rotatable bonds is 9. The van der Waals surface area contributed by atoms with Crippen molar-refractivity contribution in [3.63, 3.8) is 0 Å². The summed E-state index contributed by atoms with van der Waals surface area (Å²) in [6, 6.07) is 0. The molecule has 0 N–H and O–H groups in total. The second-order valence-corrected chi connectivity index (χ2v) is 8.92. The van der Waals surface area contributed by atoms with Gasteiger partial charge in [0.25, 0.3) is 0 Å². The second kappa shape index (κ2) is 7.73. The van der Waals surface area contributed by atoms with Crippen LogP contribution in [0, 0.1) is 5.92 Å². The predicted molar refractivity (Wildman–Crippen MR) is 84.8 cm³/mol. The smallest absolute Gasteiger partial charge is 0.348 e. The highest BCUT2D eigenvalue weighted by Gasteiger charge is 2.65. The van der Waals surface area contributed by atoms with Crippen LogP contribution in [0.2, 0.25) is 0 Å². The van der Waals surface area contributed by atoms with E-state index in [4.69, 9.17) is 13.8 Å². The summed E-state index contributed by atoms with van der Waals surface area (Å²) in [5.74, 6) is 0.435. The van der Waals surface area contributed by atoms with E-state index in [1.165, 1.54) is 0 Å². The van der Waals surface area contributed by atoms with Crippen LogP contribution in [-0.4, -0.2) is 35.9 Å². The summed E-state index contributed by atoms with van der Waals surface area (Å²) in [6.07, 6.45) is 1.72. The Kier molecular flexibility index (Phi) is 7.06. The van der Waals surface area contributed by atoms with Crippen LogP contribution in [0.25, 0.3) is 0 Å². The Labute approximate surface area is 134 Å². The van der Waals surface area contributed by atoms with Crippen LogP contribution in [0.3, 0.4) is 0 Å². The van der Waals surface area contributed by atoms with Crippen molar-refractivity contribution in [1.29, 1.82) is 0 Å². The number of hydrogen-bond acceptors (Lipinski definition) is 5. The first-order chi connectivity index (χ1) is 10.1. The fraction of sp³-hybridized carbons (Fsp3) is 1.00. The molecule has 0 aliphatic carbocycles. The number of hydroxylamine groups is 2. The second-order valence-electron chi connectivity index (χ2n) is 6.71. The Hall–Kier alpha value is 0.0300. The fourth-order valence-corrected chi connectivity index (χ4v) is 4.93. The molecule has 22 heavy (non-hydrogen) atoms. The van der Waals surface area contributed by atoms with Crippen molar-refractivity contribution in [2.45, 2.75) is 71.8 Å². The minimum atomic E-state index is -3.70. The third-order valence-electron chi connectivity index (χ3n) is 3.98. The van der Waals surface area contributed by atoms with Crippen LogP contribution in [0.4, 0.5) is 0 Å². The Morgan fingerprint density at radius 3 is 2.05 bits per heavy atom. The zero-order valence-electron chi connectivity index (χ0n) is 14.8. The summed E-state index contributed by atoms with van der Waals surface area (Å²) >= 11 is 0. The third-order valence-corrected chi connectivity index (χ3v) is 6.57. The summed E-state index contributed by atoms with van der Waals surface area (Å²) in [5, 5.41) is 13.7. The van der Waals surface area contributed by atoms with Crippen molar-refractivity contribution in [2.75, 3.05) is 19.8 Å². The Bertz CT molecular complexity index is 391. The maximum absolute atomic E-state index is 13.3. The Balaban J connectivity index is 3.13. The van der Waals surface area contributed by atoms with Crippen LogP contribution in [0.15, 0.2) is 0 Å². The van der Waals surface area contributed by atoms with Gasteiger partial charge in [-0.25, -0.2) is 0 Å². The van der Waals surface area contributed by atoms with Gasteiger partial charge in [-0.05, 0) is 46.5 Å². The van der Waals surface area contributed by atoms with Gasteiger partial charge in [0, 0.05) is 12.0 Å². The van der Waals surface area contributed by atoms with E-state index >= 15 is 0 Å². The summed E-state index contributed by atoms with van der Waals surface area (Å²) in [7, 11) is -3.70. The molecule has 1 unspecified atom stereocenters. The molecule has 1 aliphatic heterocycles. The van der Waals surface area contributed by atoms with E-state index in [2.05, 4.69) is 13.8 Å². The molecule has 1 radical (unpaired) electrons. The SMILES string of the molecule is CCOP(=O)(OCC)C1(OCCC(C)C)CCC(C)(C)N1[O]. The van der Waals surface area contributed by atoms with Gasteiger partial charge in [0.2, 0.25) is 5.47 Å². The van der Waals surface area contributed by atoms with E-state index in [0.717, 1.165) is 11.5 Å². The van der Waals surface area contributed by atoms with E-state index in [-0.39, 0.29) is 13.2 Å². The quantitative estimate of drug-likeness (QED) is 0.591. The Morgan fingerprint density at radius 2 is 1.68 bits per heavy atom. The lowest BCUT2D eigenvalue weighted by Crippen LogP contribution is -2.51. The van der Waals surface area contributed by atoms with Crippen molar-refractivity contribution in [2.24, 2.45) is 5.92 Å². The average Bonchev–Trinajstić information content (AvgIpc) is 2.64. The predicted octanol–water partition coefficient (Wildman–Crippen LogP) is 4.19. The molecular weight excluding hydrogens is 305 g/mol. The molecule has 1 heterocycles.